The van der Waals surface area contributed by atoms with E-state index >= 15 is 0 Å². The third-order valence-corrected chi connectivity index (χ3v) is 6.66. The zero-order valence-corrected chi connectivity index (χ0v) is 21.7. The number of H-pyrrole nitrogens is 1. The number of ether oxygens (including phenoxy) is 6. The molecule has 0 saturated carbocycles. The number of fused-ring (bicyclic) bond motifs is 2. The highest BCUT2D eigenvalue weighted by molar-refractivity contribution is 6.00. The first-order chi connectivity index (χ1) is 18.2. The van der Waals surface area contributed by atoms with Crippen LogP contribution in [0.3, 0.4) is 0 Å². The van der Waals surface area contributed by atoms with Gasteiger partial charge in [-0.25, -0.2) is 5.43 Å². The summed E-state index contributed by atoms with van der Waals surface area (Å²) in [4.78, 5) is 16.2. The van der Waals surface area contributed by atoms with Crippen molar-refractivity contribution in [2.45, 2.75) is 70.5 Å². The molecule has 1 aromatic heterocycles. The maximum absolute atomic E-state index is 13.1. The van der Waals surface area contributed by atoms with Crippen LogP contribution in [-0.4, -0.2) is 59.4 Å². The minimum atomic E-state index is -0.838. The lowest BCUT2D eigenvalue weighted by Gasteiger charge is -2.24. The van der Waals surface area contributed by atoms with E-state index in [0.29, 0.717) is 30.4 Å². The zero-order valence-electron chi connectivity index (χ0n) is 21.7. The summed E-state index contributed by atoms with van der Waals surface area (Å²) >= 11 is 0. The van der Waals surface area contributed by atoms with Crippen molar-refractivity contribution in [2.24, 2.45) is 5.10 Å². The van der Waals surface area contributed by atoms with Gasteiger partial charge in [-0.3, -0.25) is 4.79 Å². The van der Waals surface area contributed by atoms with Gasteiger partial charge >= 0.3 is 0 Å². The Balaban J connectivity index is 1.18. The second-order valence-corrected chi connectivity index (χ2v) is 10.5. The number of amides is 1. The molecule has 4 heterocycles. The molecule has 0 aliphatic carbocycles. The van der Waals surface area contributed by atoms with E-state index in [4.69, 9.17) is 28.4 Å². The Labute approximate surface area is 220 Å². The number of nitrogens with zero attached hydrogens (tertiary/aromatic N) is 1. The van der Waals surface area contributed by atoms with Crippen LogP contribution in [0.2, 0.25) is 0 Å². The predicted octanol–water partition coefficient (Wildman–Crippen LogP) is 3.86. The lowest BCUT2D eigenvalue weighted by molar-refractivity contribution is -0.211. The molecule has 3 aliphatic heterocycles. The maximum atomic E-state index is 13.1. The van der Waals surface area contributed by atoms with Gasteiger partial charge in [0.1, 0.15) is 36.0 Å². The molecule has 3 aliphatic rings. The molecule has 10 nitrogen and oxygen atoms in total. The summed E-state index contributed by atoms with van der Waals surface area (Å²) < 4.78 is 35.7. The zero-order chi connectivity index (χ0) is 26.5. The molecule has 0 bridgehead atoms. The molecule has 3 fully saturated rings. The summed E-state index contributed by atoms with van der Waals surface area (Å²) in [6.07, 6.45) is -2.23. The fourth-order valence-electron chi connectivity index (χ4n) is 4.91. The number of rotatable bonds is 6. The molecular formula is C28H31N3O7. The van der Waals surface area contributed by atoms with Crippen LogP contribution in [0.5, 0.6) is 5.75 Å². The van der Waals surface area contributed by atoms with Crippen molar-refractivity contribution >= 4 is 22.5 Å². The number of benzene rings is 2. The Morgan fingerprint density at radius 1 is 1.03 bits per heavy atom. The molecule has 10 heteroatoms. The van der Waals surface area contributed by atoms with Crippen LogP contribution in [0.1, 0.15) is 43.7 Å². The summed E-state index contributed by atoms with van der Waals surface area (Å²) in [5.41, 5.74) is 5.40. The van der Waals surface area contributed by atoms with Crippen LogP contribution in [0.4, 0.5) is 0 Å². The normalized spacial score (nSPS) is 28.6. The van der Waals surface area contributed by atoms with Crippen LogP contribution < -0.4 is 10.2 Å². The molecule has 6 rings (SSSR count). The van der Waals surface area contributed by atoms with Crippen LogP contribution in [-0.2, 0) is 30.3 Å². The van der Waals surface area contributed by atoms with E-state index in [-0.39, 0.29) is 0 Å². The molecule has 2 N–H and O–H groups in total. The minimum Gasteiger partial charge on any atom is -0.489 e. The average molecular weight is 522 g/mol. The molecule has 1 unspecified atom stereocenters. The standard InChI is InChI=1S/C28H31N3O7/c1-27(2)34-15-21(36-27)23-22(24-26(35-23)38-28(3,4)37-24)30-31-25(32)20-13-17-12-18(10-11-19(17)29-20)33-14-16-8-6-5-7-9-16/h5-13,21,23-24,26,29H,14-15H2,1-4H3,(H,31,32)/b30-22+/t21?,23-,24-,26-/m1/s1. The number of hydrogen-bond donors (Lipinski definition) is 2. The van der Waals surface area contributed by atoms with Crippen molar-refractivity contribution < 1.29 is 33.2 Å². The summed E-state index contributed by atoms with van der Waals surface area (Å²) in [6.45, 7) is 8.07. The van der Waals surface area contributed by atoms with Gasteiger partial charge < -0.3 is 33.4 Å². The smallest absolute Gasteiger partial charge is 0.287 e. The number of nitrogens with one attached hydrogen (secondary N) is 2. The highest BCUT2D eigenvalue weighted by Gasteiger charge is 2.56. The third-order valence-electron chi connectivity index (χ3n) is 6.66. The predicted molar refractivity (Wildman–Crippen MR) is 138 cm³/mol. The molecule has 3 aromatic rings. The van der Waals surface area contributed by atoms with Gasteiger partial charge in [0.15, 0.2) is 24.0 Å². The van der Waals surface area contributed by atoms with Crippen molar-refractivity contribution in [3.05, 3.63) is 65.9 Å². The summed E-state index contributed by atoms with van der Waals surface area (Å²) in [5, 5.41) is 5.29. The van der Waals surface area contributed by atoms with Gasteiger partial charge in [-0.05, 0) is 57.5 Å². The van der Waals surface area contributed by atoms with Crippen molar-refractivity contribution in [3.8, 4) is 5.75 Å². The minimum absolute atomic E-state index is 0.324. The van der Waals surface area contributed by atoms with E-state index in [2.05, 4.69) is 15.5 Å². The van der Waals surface area contributed by atoms with E-state index < -0.39 is 42.1 Å². The third kappa shape index (κ3) is 5.05. The number of aromatic nitrogens is 1. The van der Waals surface area contributed by atoms with Gasteiger partial charge in [-0.1, -0.05) is 30.3 Å². The fraction of sp³-hybridized carbons (Fsp3) is 0.429. The quantitative estimate of drug-likeness (QED) is 0.474. The molecule has 0 radical (unpaired) electrons. The van der Waals surface area contributed by atoms with Crippen LogP contribution >= 0.6 is 0 Å². The Hall–Kier alpha value is -3.28. The fourth-order valence-corrected chi connectivity index (χ4v) is 4.91. The van der Waals surface area contributed by atoms with Crippen molar-refractivity contribution in [1.82, 2.24) is 10.4 Å². The number of carbonyl (C=O) groups is 1. The van der Waals surface area contributed by atoms with E-state index in [9.17, 15) is 4.79 Å². The molecule has 0 spiro atoms. The molecule has 2 aromatic carbocycles. The second kappa shape index (κ2) is 9.48. The van der Waals surface area contributed by atoms with E-state index in [1.807, 2.05) is 62.4 Å². The second-order valence-electron chi connectivity index (χ2n) is 10.5. The van der Waals surface area contributed by atoms with Crippen LogP contribution in [0.15, 0.2) is 59.7 Å². The maximum Gasteiger partial charge on any atom is 0.287 e. The van der Waals surface area contributed by atoms with Gasteiger partial charge in [0.25, 0.3) is 5.91 Å². The number of aromatic amines is 1. The topological polar surface area (TPSA) is 113 Å². The molecule has 200 valence electrons. The summed E-state index contributed by atoms with van der Waals surface area (Å²) in [5.74, 6) is -1.26. The van der Waals surface area contributed by atoms with Gasteiger partial charge in [-0.2, -0.15) is 5.10 Å². The van der Waals surface area contributed by atoms with E-state index in [1.54, 1.807) is 19.9 Å². The van der Waals surface area contributed by atoms with Gasteiger partial charge in [-0.15, -0.1) is 0 Å². The van der Waals surface area contributed by atoms with E-state index in [1.165, 1.54) is 0 Å². The molecular weight excluding hydrogens is 490 g/mol. The molecule has 1 amide bonds. The van der Waals surface area contributed by atoms with Crippen molar-refractivity contribution in [1.29, 1.82) is 0 Å². The number of carbonyl (C=O) groups excluding carboxylic acids is 1. The van der Waals surface area contributed by atoms with E-state index in [0.717, 1.165) is 16.5 Å². The first-order valence-corrected chi connectivity index (χ1v) is 12.7. The monoisotopic (exact) mass is 521 g/mol. The number of hydrazone groups is 1. The van der Waals surface area contributed by atoms with Gasteiger partial charge in [0.05, 0.1) is 6.61 Å². The average Bonchev–Trinajstić information content (AvgIpc) is 3.62. The highest BCUT2D eigenvalue weighted by atomic mass is 16.8. The molecule has 3 saturated heterocycles. The molecule has 38 heavy (non-hydrogen) atoms. The Morgan fingerprint density at radius 2 is 1.84 bits per heavy atom. The molecule has 4 atom stereocenters. The van der Waals surface area contributed by atoms with Crippen molar-refractivity contribution in [3.63, 3.8) is 0 Å². The van der Waals surface area contributed by atoms with Crippen LogP contribution in [0, 0.1) is 0 Å². The summed E-state index contributed by atoms with van der Waals surface area (Å²) in [7, 11) is 0. The lowest BCUT2D eigenvalue weighted by atomic mass is 10.1. The van der Waals surface area contributed by atoms with Crippen LogP contribution in [0.25, 0.3) is 10.9 Å². The Morgan fingerprint density at radius 3 is 2.61 bits per heavy atom. The Bertz CT molecular complexity index is 1370. The largest absolute Gasteiger partial charge is 0.489 e. The Kier molecular flexibility index (Phi) is 6.24. The van der Waals surface area contributed by atoms with Crippen molar-refractivity contribution in [2.75, 3.05) is 6.61 Å². The van der Waals surface area contributed by atoms with Gasteiger partial charge in [0.2, 0.25) is 0 Å². The lowest BCUT2D eigenvalue weighted by Crippen LogP contribution is -2.41. The highest BCUT2D eigenvalue weighted by Crippen LogP contribution is 2.39. The first kappa shape index (κ1) is 25.0. The van der Waals surface area contributed by atoms with Gasteiger partial charge in [0, 0.05) is 10.9 Å². The first-order valence-electron chi connectivity index (χ1n) is 12.7. The summed E-state index contributed by atoms with van der Waals surface area (Å²) in [6, 6.07) is 17.4. The number of hydrogen-bond acceptors (Lipinski definition) is 8. The SMILES string of the molecule is CC1(C)OCC([C@H]2O[C@@H]3OC(C)(C)O[C@@H]3/C2=N/NC(=O)c2cc3cc(OCc4ccccc4)ccc3[nH]2)O1.